The average molecular weight is 334 g/mol. The third-order valence-electron chi connectivity index (χ3n) is 3.92. The molecule has 0 aliphatic carbocycles. The fourth-order valence-electron chi connectivity index (χ4n) is 2.74. The molecule has 2 heterocycles. The van der Waals surface area contributed by atoms with Crippen molar-refractivity contribution in [2.24, 2.45) is 0 Å². The van der Waals surface area contributed by atoms with Crippen LogP contribution >= 0.6 is 11.6 Å². The van der Waals surface area contributed by atoms with Crippen molar-refractivity contribution in [2.75, 3.05) is 5.32 Å². The summed E-state index contributed by atoms with van der Waals surface area (Å²) in [6.45, 7) is 2.08. The van der Waals surface area contributed by atoms with Crippen LogP contribution in [0.4, 0.5) is 11.5 Å². The molecule has 0 radical (unpaired) electrons. The number of fused-ring (bicyclic) bond motifs is 1. The van der Waals surface area contributed by atoms with Gasteiger partial charge in [0.1, 0.15) is 17.2 Å². The predicted molar refractivity (Wildman–Crippen MR) is 100 cm³/mol. The van der Waals surface area contributed by atoms with Crippen LogP contribution in [0.3, 0.4) is 0 Å². The van der Waals surface area contributed by atoms with Crippen molar-refractivity contribution >= 4 is 28.8 Å². The smallest absolute Gasteiger partial charge is 0.143 e. The summed E-state index contributed by atoms with van der Waals surface area (Å²) in [5.74, 6) is 0.947. The first-order valence-corrected chi connectivity index (χ1v) is 8.15. The van der Waals surface area contributed by atoms with E-state index in [1.54, 1.807) is 0 Å². The molecule has 0 bridgehead atoms. The molecule has 1 N–H and O–H groups in total. The number of benzene rings is 2. The van der Waals surface area contributed by atoms with Crippen LogP contribution in [-0.4, -0.2) is 9.38 Å². The van der Waals surface area contributed by atoms with Gasteiger partial charge in [-0.3, -0.25) is 4.40 Å². The summed E-state index contributed by atoms with van der Waals surface area (Å²) in [6.07, 6.45) is 2.09. The Morgan fingerprint density at radius 3 is 2.42 bits per heavy atom. The van der Waals surface area contributed by atoms with Gasteiger partial charge in [-0.25, -0.2) is 4.98 Å². The number of pyridine rings is 1. The van der Waals surface area contributed by atoms with Crippen LogP contribution in [0.2, 0.25) is 5.02 Å². The second-order valence-electron chi connectivity index (χ2n) is 5.74. The number of halogens is 1. The Hall–Kier alpha value is -2.78. The van der Waals surface area contributed by atoms with E-state index in [0.717, 1.165) is 33.4 Å². The summed E-state index contributed by atoms with van der Waals surface area (Å²) in [4.78, 5) is 4.81. The number of rotatable bonds is 3. The molecule has 0 saturated heterocycles. The number of anilines is 2. The van der Waals surface area contributed by atoms with E-state index in [1.165, 1.54) is 5.56 Å². The Balaban J connectivity index is 1.90. The van der Waals surface area contributed by atoms with E-state index >= 15 is 0 Å². The topological polar surface area (TPSA) is 29.3 Å². The summed E-state index contributed by atoms with van der Waals surface area (Å²) in [5, 5.41) is 4.21. The molecule has 0 saturated carbocycles. The highest BCUT2D eigenvalue weighted by atomic mass is 35.5. The van der Waals surface area contributed by atoms with Gasteiger partial charge in [-0.1, -0.05) is 48.0 Å². The molecule has 0 fully saturated rings. The molecular weight excluding hydrogens is 318 g/mol. The van der Waals surface area contributed by atoms with Crippen molar-refractivity contribution in [1.29, 1.82) is 0 Å². The monoisotopic (exact) mass is 333 g/mol. The summed E-state index contributed by atoms with van der Waals surface area (Å²) < 4.78 is 2.09. The van der Waals surface area contributed by atoms with E-state index in [1.807, 2.05) is 48.5 Å². The molecule has 0 aliphatic rings. The molecule has 4 heteroatoms. The van der Waals surface area contributed by atoms with Crippen molar-refractivity contribution in [3.05, 3.63) is 83.5 Å². The summed E-state index contributed by atoms with van der Waals surface area (Å²) in [5.41, 5.74) is 5.07. The second-order valence-corrected chi connectivity index (χ2v) is 6.18. The number of aryl methyl sites for hydroxylation is 1. The molecule has 24 heavy (non-hydrogen) atoms. The SMILES string of the molecule is Cc1ccc2nc(-c3ccccc3)c(Nc3ccc(Cl)cc3)n2c1. The lowest BCUT2D eigenvalue weighted by Gasteiger charge is -2.09. The zero-order valence-corrected chi connectivity index (χ0v) is 14.0. The Labute approximate surface area is 145 Å². The van der Waals surface area contributed by atoms with Crippen molar-refractivity contribution in [3.8, 4) is 11.3 Å². The maximum atomic E-state index is 5.99. The summed E-state index contributed by atoms with van der Waals surface area (Å²) >= 11 is 5.99. The Bertz CT molecular complexity index is 989. The van der Waals surface area contributed by atoms with Crippen molar-refractivity contribution in [2.45, 2.75) is 6.92 Å². The van der Waals surface area contributed by atoms with Gasteiger partial charge in [0.15, 0.2) is 0 Å². The lowest BCUT2D eigenvalue weighted by atomic mass is 10.1. The average Bonchev–Trinajstić information content (AvgIpc) is 2.95. The van der Waals surface area contributed by atoms with Crippen LogP contribution in [0.5, 0.6) is 0 Å². The summed E-state index contributed by atoms with van der Waals surface area (Å²) in [7, 11) is 0. The molecule has 0 amide bonds. The Kier molecular flexibility index (Phi) is 3.71. The fourth-order valence-corrected chi connectivity index (χ4v) is 2.86. The third kappa shape index (κ3) is 2.74. The highest BCUT2D eigenvalue weighted by Gasteiger charge is 2.14. The van der Waals surface area contributed by atoms with Gasteiger partial charge < -0.3 is 5.32 Å². The van der Waals surface area contributed by atoms with E-state index in [4.69, 9.17) is 16.6 Å². The van der Waals surface area contributed by atoms with Gasteiger partial charge in [0.05, 0.1) is 0 Å². The van der Waals surface area contributed by atoms with Crippen molar-refractivity contribution < 1.29 is 0 Å². The van der Waals surface area contributed by atoms with Gasteiger partial charge in [0.2, 0.25) is 0 Å². The van der Waals surface area contributed by atoms with Gasteiger partial charge in [-0.15, -0.1) is 0 Å². The minimum atomic E-state index is 0.720. The van der Waals surface area contributed by atoms with Gasteiger partial charge in [-0.05, 0) is 42.8 Å². The lowest BCUT2D eigenvalue weighted by Crippen LogP contribution is -1.97. The number of imidazole rings is 1. The number of hydrogen-bond acceptors (Lipinski definition) is 2. The minimum absolute atomic E-state index is 0.720. The third-order valence-corrected chi connectivity index (χ3v) is 4.17. The first kappa shape index (κ1) is 14.8. The van der Waals surface area contributed by atoms with E-state index < -0.39 is 0 Å². The highest BCUT2D eigenvalue weighted by molar-refractivity contribution is 6.30. The van der Waals surface area contributed by atoms with Crippen molar-refractivity contribution in [3.63, 3.8) is 0 Å². The van der Waals surface area contributed by atoms with Crippen LogP contribution in [0.15, 0.2) is 72.9 Å². The standard InChI is InChI=1S/C20H16ClN3/c1-14-7-12-18-23-19(15-5-3-2-4-6-15)20(24(18)13-14)22-17-10-8-16(21)9-11-17/h2-13,22H,1H3. The zero-order valence-electron chi connectivity index (χ0n) is 13.2. The first-order valence-electron chi connectivity index (χ1n) is 7.77. The molecule has 2 aromatic carbocycles. The largest absolute Gasteiger partial charge is 0.339 e. The van der Waals surface area contributed by atoms with E-state index in [9.17, 15) is 0 Å². The van der Waals surface area contributed by atoms with Crippen LogP contribution in [-0.2, 0) is 0 Å². The molecule has 118 valence electrons. The molecule has 3 nitrogen and oxygen atoms in total. The zero-order chi connectivity index (χ0) is 16.5. The van der Waals surface area contributed by atoms with Crippen molar-refractivity contribution in [1.82, 2.24) is 9.38 Å². The van der Waals surface area contributed by atoms with Crippen LogP contribution < -0.4 is 5.32 Å². The van der Waals surface area contributed by atoms with Gasteiger partial charge in [0.25, 0.3) is 0 Å². The molecule has 0 aliphatic heterocycles. The fraction of sp³-hybridized carbons (Fsp3) is 0.0500. The maximum Gasteiger partial charge on any atom is 0.143 e. The van der Waals surface area contributed by atoms with Crippen LogP contribution in [0.1, 0.15) is 5.56 Å². The van der Waals surface area contributed by atoms with Gasteiger partial charge in [-0.2, -0.15) is 0 Å². The normalized spacial score (nSPS) is 10.9. The Morgan fingerprint density at radius 1 is 0.917 bits per heavy atom. The van der Waals surface area contributed by atoms with E-state index in [-0.39, 0.29) is 0 Å². The molecular formula is C20H16ClN3. The number of nitrogens with zero attached hydrogens (tertiary/aromatic N) is 2. The quantitative estimate of drug-likeness (QED) is 0.520. The minimum Gasteiger partial charge on any atom is -0.339 e. The lowest BCUT2D eigenvalue weighted by molar-refractivity contribution is 1.16. The van der Waals surface area contributed by atoms with Crippen LogP contribution in [0, 0.1) is 6.92 Å². The number of nitrogens with one attached hydrogen (secondary N) is 1. The first-order chi connectivity index (χ1) is 11.7. The number of aromatic nitrogens is 2. The predicted octanol–water partition coefficient (Wildman–Crippen LogP) is 5.71. The van der Waals surface area contributed by atoms with E-state index in [0.29, 0.717) is 0 Å². The van der Waals surface area contributed by atoms with E-state index in [2.05, 4.69) is 41.0 Å². The second kappa shape index (κ2) is 6.02. The van der Waals surface area contributed by atoms with Gasteiger partial charge >= 0.3 is 0 Å². The Morgan fingerprint density at radius 2 is 1.67 bits per heavy atom. The molecule has 0 unspecified atom stereocenters. The molecule has 0 spiro atoms. The molecule has 0 atom stereocenters. The molecule has 2 aromatic heterocycles. The summed E-state index contributed by atoms with van der Waals surface area (Å²) in [6, 6.07) is 22.0. The molecule has 4 rings (SSSR count). The maximum absolute atomic E-state index is 5.99. The van der Waals surface area contributed by atoms with Gasteiger partial charge in [0, 0.05) is 22.5 Å². The number of hydrogen-bond donors (Lipinski definition) is 1. The van der Waals surface area contributed by atoms with Crippen LogP contribution in [0.25, 0.3) is 16.9 Å². The highest BCUT2D eigenvalue weighted by Crippen LogP contribution is 2.31. The molecule has 4 aromatic rings.